The largest absolute Gasteiger partial charge is 0.493 e. The van der Waals surface area contributed by atoms with Gasteiger partial charge in [-0.3, -0.25) is 0 Å². The van der Waals surface area contributed by atoms with Crippen molar-refractivity contribution in [2.24, 2.45) is 0 Å². The van der Waals surface area contributed by atoms with Gasteiger partial charge in [-0.15, -0.1) is 0 Å². The minimum Gasteiger partial charge on any atom is -0.493 e. The van der Waals surface area contributed by atoms with Gasteiger partial charge < -0.3 is 10.1 Å². The van der Waals surface area contributed by atoms with Crippen LogP contribution in [0.1, 0.15) is 44.2 Å². The second-order valence-electron chi connectivity index (χ2n) is 5.07. The number of hydrogen-bond donors (Lipinski definition) is 1. The Morgan fingerprint density at radius 2 is 1.89 bits per heavy atom. The molecule has 0 aliphatic heterocycles. The maximum Gasteiger partial charge on any atom is 0.125 e. The number of hydrogen-bond acceptors (Lipinski definition) is 2. The van der Waals surface area contributed by atoms with E-state index in [2.05, 4.69) is 51.2 Å². The van der Waals surface area contributed by atoms with Crippen LogP contribution >= 0.6 is 0 Å². The Hall–Kier alpha value is -1.02. The minimum absolute atomic E-state index is 0.589. The van der Waals surface area contributed by atoms with E-state index in [1.807, 2.05) is 0 Å². The second-order valence-corrected chi connectivity index (χ2v) is 5.07. The quantitative estimate of drug-likeness (QED) is 0.707. The molecule has 1 rings (SSSR count). The van der Waals surface area contributed by atoms with Crippen molar-refractivity contribution in [1.29, 1.82) is 0 Å². The van der Waals surface area contributed by atoms with E-state index >= 15 is 0 Å². The molecule has 0 saturated heterocycles. The van der Waals surface area contributed by atoms with Gasteiger partial charge in [0.1, 0.15) is 5.75 Å². The Kier molecular flexibility index (Phi) is 6.81. The summed E-state index contributed by atoms with van der Waals surface area (Å²) in [6, 6.07) is 6.88. The molecule has 0 bridgehead atoms. The molecule has 0 aliphatic rings. The lowest BCUT2D eigenvalue weighted by Crippen LogP contribution is -2.26. The van der Waals surface area contributed by atoms with Crippen LogP contribution in [0.25, 0.3) is 0 Å². The van der Waals surface area contributed by atoms with Gasteiger partial charge in [0.05, 0.1) is 6.61 Å². The number of benzene rings is 1. The van der Waals surface area contributed by atoms with E-state index in [0.29, 0.717) is 6.04 Å². The average molecular weight is 249 g/mol. The zero-order valence-corrected chi connectivity index (χ0v) is 12.3. The molecule has 0 aromatic heterocycles. The summed E-state index contributed by atoms with van der Waals surface area (Å²) in [6.45, 7) is 10.6. The third-order valence-corrected chi connectivity index (χ3v) is 3.18. The fraction of sp³-hybridized carbons (Fsp3) is 0.625. The van der Waals surface area contributed by atoms with E-state index < -0.39 is 0 Å². The second kappa shape index (κ2) is 8.15. The van der Waals surface area contributed by atoms with E-state index in [1.165, 1.54) is 24.0 Å². The first kappa shape index (κ1) is 15.0. The van der Waals surface area contributed by atoms with E-state index in [4.69, 9.17) is 4.74 Å². The Morgan fingerprint density at radius 3 is 2.50 bits per heavy atom. The van der Waals surface area contributed by atoms with Crippen molar-refractivity contribution >= 4 is 0 Å². The van der Waals surface area contributed by atoms with Crippen molar-refractivity contribution in [3.63, 3.8) is 0 Å². The fourth-order valence-electron chi connectivity index (χ4n) is 2.08. The third kappa shape index (κ3) is 5.09. The molecular formula is C16H27NO. The number of aryl methyl sites for hydroxylation is 2. The monoisotopic (exact) mass is 249 g/mol. The van der Waals surface area contributed by atoms with Gasteiger partial charge in [-0.25, -0.2) is 0 Å². The zero-order valence-electron chi connectivity index (χ0n) is 12.3. The van der Waals surface area contributed by atoms with Crippen LogP contribution in [-0.4, -0.2) is 19.2 Å². The Bertz CT molecular complexity index is 329. The van der Waals surface area contributed by atoms with Crippen LogP contribution < -0.4 is 10.1 Å². The van der Waals surface area contributed by atoms with Crippen LogP contribution in [0.4, 0.5) is 0 Å². The Labute approximate surface area is 112 Å². The van der Waals surface area contributed by atoms with Crippen LogP contribution in [0.2, 0.25) is 0 Å². The van der Waals surface area contributed by atoms with Crippen molar-refractivity contribution in [2.45, 2.75) is 53.0 Å². The van der Waals surface area contributed by atoms with Gasteiger partial charge in [-0.05, 0) is 57.7 Å². The molecule has 102 valence electrons. The molecule has 2 heteroatoms. The lowest BCUT2D eigenvalue weighted by atomic mass is 10.1. The molecule has 18 heavy (non-hydrogen) atoms. The molecule has 0 fully saturated rings. The first-order chi connectivity index (χ1) is 8.65. The molecule has 1 aromatic rings. The molecule has 1 unspecified atom stereocenters. The molecular weight excluding hydrogens is 222 g/mol. The summed E-state index contributed by atoms with van der Waals surface area (Å²) in [6.07, 6.45) is 3.47. The molecule has 0 spiro atoms. The normalized spacial score (nSPS) is 12.4. The van der Waals surface area contributed by atoms with Crippen LogP contribution in [0.15, 0.2) is 18.2 Å². The SMILES string of the molecule is CCCNC(C)CCCOc1c(C)cccc1C. The highest BCUT2D eigenvalue weighted by atomic mass is 16.5. The van der Waals surface area contributed by atoms with Gasteiger partial charge in [0.25, 0.3) is 0 Å². The first-order valence-electron chi connectivity index (χ1n) is 7.07. The number of ether oxygens (including phenoxy) is 1. The summed E-state index contributed by atoms with van der Waals surface area (Å²) in [7, 11) is 0. The van der Waals surface area contributed by atoms with Crippen LogP contribution in [0, 0.1) is 13.8 Å². The standard InChI is InChI=1S/C16H27NO/c1-5-11-17-15(4)10-7-12-18-16-13(2)8-6-9-14(16)3/h6,8-9,15,17H,5,7,10-12H2,1-4H3. The molecule has 0 aliphatic carbocycles. The average Bonchev–Trinajstić information content (AvgIpc) is 2.35. The molecule has 1 N–H and O–H groups in total. The lowest BCUT2D eigenvalue weighted by molar-refractivity contribution is 0.294. The highest BCUT2D eigenvalue weighted by Crippen LogP contribution is 2.22. The van der Waals surface area contributed by atoms with E-state index in [-0.39, 0.29) is 0 Å². The van der Waals surface area contributed by atoms with Crippen LogP contribution in [-0.2, 0) is 0 Å². The number of rotatable bonds is 8. The Balaban J connectivity index is 2.25. The maximum absolute atomic E-state index is 5.89. The minimum atomic E-state index is 0.589. The van der Waals surface area contributed by atoms with Gasteiger partial charge >= 0.3 is 0 Å². The predicted molar refractivity (Wildman–Crippen MR) is 78.4 cm³/mol. The van der Waals surface area contributed by atoms with Gasteiger partial charge in [0, 0.05) is 6.04 Å². The van der Waals surface area contributed by atoms with Crippen molar-refractivity contribution in [1.82, 2.24) is 5.32 Å². The molecule has 1 atom stereocenters. The van der Waals surface area contributed by atoms with Gasteiger partial charge in [-0.1, -0.05) is 25.1 Å². The molecule has 0 saturated carbocycles. The van der Waals surface area contributed by atoms with E-state index in [0.717, 1.165) is 25.3 Å². The predicted octanol–water partition coefficient (Wildman–Crippen LogP) is 3.85. The number of nitrogens with one attached hydrogen (secondary N) is 1. The van der Waals surface area contributed by atoms with Gasteiger partial charge in [0.2, 0.25) is 0 Å². The maximum atomic E-state index is 5.89. The van der Waals surface area contributed by atoms with Crippen LogP contribution in [0.5, 0.6) is 5.75 Å². The lowest BCUT2D eigenvalue weighted by Gasteiger charge is -2.15. The van der Waals surface area contributed by atoms with E-state index in [9.17, 15) is 0 Å². The smallest absolute Gasteiger partial charge is 0.125 e. The fourth-order valence-corrected chi connectivity index (χ4v) is 2.08. The topological polar surface area (TPSA) is 21.3 Å². The van der Waals surface area contributed by atoms with E-state index in [1.54, 1.807) is 0 Å². The molecule has 2 nitrogen and oxygen atoms in total. The van der Waals surface area contributed by atoms with Crippen molar-refractivity contribution < 1.29 is 4.74 Å². The first-order valence-corrected chi connectivity index (χ1v) is 7.07. The summed E-state index contributed by atoms with van der Waals surface area (Å²) in [5.74, 6) is 1.06. The van der Waals surface area contributed by atoms with Crippen molar-refractivity contribution in [3.8, 4) is 5.75 Å². The molecule has 0 amide bonds. The molecule has 0 radical (unpaired) electrons. The molecule has 0 heterocycles. The van der Waals surface area contributed by atoms with Crippen molar-refractivity contribution in [2.75, 3.05) is 13.2 Å². The highest BCUT2D eigenvalue weighted by molar-refractivity contribution is 5.39. The summed E-state index contributed by atoms with van der Waals surface area (Å²) in [4.78, 5) is 0. The summed E-state index contributed by atoms with van der Waals surface area (Å²) in [5, 5.41) is 3.50. The van der Waals surface area contributed by atoms with Gasteiger partial charge in [0.15, 0.2) is 0 Å². The van der Waals surface area contributed by atoms with Crippen molar-refractivity contribution in [3.05, 3.63) is 29.3 Å². The summed E-state index contributed by atoms with van der Waals surface area (Å²) in [5.41, 5.74) is 2.46. The number of para-hydroxylation sites is 1. The molecule has 1 aromatic carbocycles. The Morgan fingerprint density at radius 1 is 1.22 bits per heavy atom. The highest BCUT2D eigenvalue weighted by Gasteiger charge is 2.04. The summed E-state index contributed by atoms with van der Waals surface area (Å²) < 4.78 is 5.89. The van der Waals surface area contributed by atoms with Crippen LogP contribution in [0.3, 0.4) is 0 Å². The third-order valence-electron chi connectivity index (χ3n) is 3.18. The van der Waals surface area contributed by atoms with Gasteiger partial charge in [-0.2, -0.15) is 0 Å². The zero-order chi connectivity index (χ0) is 13.4. The summed E-state index contributed by atoms with van der Waals surface area (Å²) >= 11 is 0.